The predicted octanol–water partition coefficient (Wildman–Crippen LogP) is 2.87. The third-order valence-electron chi connectivity index (χ3n) is 2.27. The first-order chi connectivity index (χ1) is 7.13. The van der Waals surface area contributed by atoms with Crippen LogP contribution in [-0.4, -0.2) is 11.6 Å². The van der Waals surface area contributed by atoms with Crippen molar-refractivity contribution in [3.8, 4) is 5.75 Å². The Balaban J connectivity index is 2.66. The molecule has 1 unspecified atom stereocenters. The summed E-state index contributed by atoms with van der Waals surface area (Å²) in [5.74, 6) is 1.28. The Labute approximate surface area is 96.4 Å². The van der Waals surface area contributed by atoms with E-state index in [1.54, 1.807) is 0 Å². The molecule has 0 aliphatic heterocycles. The number of benzene rings is 1. The quantitative estimate of drug-likeness (QED) is 0.780. The Bertz CT molecular complexity index is 321. The summed E-state index contributed by atoms with van der Waals surface area (Å²) in [4.78, 5) is 0.566. The van der Waals surface area contributed by atoms with Crippen LogP contribution in [0.25, 0.3) is 0 Å². The maximum atomic E-state index is 5.52. The zero-order valence-electron chi connectivity index (χ0n) is 9.19. The van der Waals surface area contributed by atoms with Gasteiger partial charge in [-0.2, -0.15) is 0 Å². The van der Waals surface area contributed by atoms with Crippen molar-refractivity contribution in [3.05, 3.63) is 29.8 Å². The van der Waals surface area contributed by atoms with Gasteiger partial charge in [-0.3, -0.25) is 0 Å². The molecule has 0 fully saturated rings. The van der Waals surface area contributed by atoms with Gasteiger partial charge < -0.3 is 10.5 Å². The third-order valence-corrected chi connectivity index (χ3v) is 2.43. The van der Waals surface area contributed by atoms with Crippen molar-refractivity contribution >= 4 is 17.2 Å². The first-order valence-electron chi connectivity index (χ1n) is 5.14. The molecule has 0 aliphatic carbocycles. The summed E-state index contributed by atoms with van der Waals surface area (Å²) in [6, 6.07) is 8.09. The number of hydrogen-bond donors (Lipinski definition) is 1. The fraction of sp³-hybridized carbons (Fsp3) is 0.417. The first-order valence-corrected chi connectivity index (χ1v) is 5.55. The van der Waals surface area contributed by atoms with E-state index in [1.165, 1.54) is 5.56 Å². The summed E-state index contributed by atoms with van der Waals surface area (Å²) in [6.07, 6.45) is 0.753. The number of ether oxygens (including phenoxy) is 1. The van der Waals surface area contributed by atoms with Crippen molar-refractivity contribution in [2.75, 3.05) is 6.61 Å². The van der Waals surface area contributed by atoms with Gasteiger partial charge in [-0.15, -0.1) is 0 Å². The Kier molecular flexibility index (Phi) is 4.56. The van der Waals surface area contributed by atoms with Gasteiger partial charge in [-0.25, -0.2) is 0 Å². The van der Waals surface area contributed by atoms with Crippen LogP contribution in [0.4, 0.5) is 0 Å². The second-order valence-corrected chi connectivity index (χ2v) is 4.10. The van der Waals surface area contributed by atoms with Crippen molar-refractivity contribution in [2.24, 2.45) is 5.73 Å². The van der Waals surface area contributed by atoms with Gasteiger partial charge in [0.1, 0.15) is 5.75 Å². The minimum absolute atomic E-state index is 0.373. The summed E-state index contributed by atoms with van der Waals surface area (Å²) in [6.45, 7) is 4.79. The molecule has 0 saturated carbocycles. The highest BCUT2D eigenvalue weighted by atomic mass is 32.1. The number of thiocarbonyl (C=S) groups is 1. The number of rotatable bonds is 5. The number of nitrogens with two attached hydrogens (primary N) is 1. The third kappa shape index (κ3) is 3.88. The number of hydrogen-bond acceptors (Lipinski definition) is 2. The van der Waals surface area contributed by atoms with E-state index < -0.39 is 0 Å². The molecule has 0 aliphatic rings. The Hall–Kier alpha value is -1.09. The minimum Gasteiger partial charge on any atom is -0.494 e. The minimum atomic E-state index is 0.373. The molecule has 0 amide bonds. The van der Waals surface area contributed by atoms with E-state index in [0.717, 1.165) is 12.2 Å². The molecule has 2 N–H and O–H groups in total. The van der Waals surface area contributed by atoms with E-state index in [0.29, 0.717) is 17.5 Å². The summed E-state index contributed by atoms with van der Waals surface area (Å²) in [7, 11) is 0. The van der Waals surface area contributed by atoms with E-state index >= 15 is 0 Å². The van der Waals surface area contributed by atoms with Crippen LogP contribution in [0.5, 0.6) is 5.75 Å². The lowest BCUT2D eigenvalue weighted by Gasteiger charge is -2.11. The molecule has 82 valence electrons. The molecule has 0 bridgehead atoms. The summed E-state index contributed by atoms with van der Waals surface area (Å²) < 4.78 is 5.37. The van der Waals surface area contributed by atoms with E-state index in [1.807, 2.05) is 19.1 Å². The second-order valence-electron chi connectivity index (χ2n) is 3.57. The van der Waals surface area contributed by atoms with E-state index in [4.69, 9.17) is 22.7 Å². The zero-order chi connectivity index (χ0) is 11.3. The topological polar surface area (TPSA) is 35.2 Å². The van der Waals surface area contributed by atoms with Crippen LogP contribution in [-0.2, 0) is 0 Å². The fourth-order valence-electron chi connectivity index (χ4n) is 1.48. The standard InChI is InChI=1S/C12H17NOS/c1-3-14-11-6-4-10(5-7-11)9(2)8-12(13)15/h4-7,9H,3,8H2,1-2H3,(H2,13,15). The average molecular weight is 223 g/mol. The van der Waals surface area contributed by atoms with Gasteiger partial charge in [-0.1, -0.05) is 31.3 Å². The molecule has 1 aromatic rings. The van der Waals surface area contributed by atoms with E-state index in [-0.39, 0.29) is 0 Å². The molecule has 1 aromatic carbocycles. The van der Waals surface area contributed by atoms with Crippen LogP contribution in [0.1, 0.15) is 31.7 Å². The SMILES string of the molecule is CCOc1ccc(C(C)CC(N)=S)cc1. The maximum absolute atomic E-state index is 5.52. The van der Waals surface area contributed by atoms with Gasteiger partial charge >= 0.3 is 0 Å². The summed E-state index contributed by atoms with van der Waals surface area (Å²) >= 11 is 4.89. The van der Waals surface area contributed by atoms with Crippen LogP contribution in [0, 0.1) is 0 Å². The normalized spacial score (nSPS) is 12.1. The monoisotopic (exact) mass is 223 g/mol. The van der Waals surface area contributed by atoms with Crippen LogP contribution in [0.2, 0.25) is 0 Å². The molecule has 0 spiro atoms. The molecular weight excluding hydrogens is 206 g/mol. The Morgan fingerprint density at radius 1 is 1.40 bits per heavy atom. The van der Waals surface area contributed by atoms with Crippen molar-refractivity contribution in [2.45, 2.75) is 26.2 Å². The Morgan fingerprint density at radius 2 is 2.00 bits per heavy atom. The van der Waals surface area contributed by atoms with Crippen LogP contribution < -0.4 is 10.5 Å². The molecule has 3 heteroatoms. The molecule has 0 radical (unpaired) electrons. The van der Waals surface area contributed by atoms with Crippen LogP contribution in [0.15, 0.2) is 24.3 Å². The molecule has 2 nitrogen and oxygen atoms in total. The lowest BCUT2D eigenvalue weighted by Crippen LogP contribution is -2.11. The molecule has 15 heavy (non-hydrogen) atoms. The van der Waals surface area contributed by atoms with Gasteiger partial charge in [-0.05, 0) is 30.5 Å². The first kappa shape index (κ1) is 12.0. The van der Waals surface area contributed by atoms with E-state index in [2.05, 4.69) is 19.1 Å². The maximum Gasteiger partial charge on any atom is 0.119 e. The summed E-state index contributed by atoms with van der Waals surface area (Å²) in [5, 5.41) is 0. The zero-order valence-corrected chi connectivity index (χ0v) is 10.0. The van der Waals surface area contributed by atoms with Crippen LogP contribution in [0.3, 0.4) is 0 Å². The lowest BCUT2D eigenvalue weighted by atomic mass is 9.98. The van der Waals surface area contributed by atoms with Crippen LogP contribution >= 0.6 is 12.2 Å². The van der Waals surface area contributed by atoms with E-state index in [9.17, 15) is 0 Å². The summed E-state index contributed by atoms with van der Waals surface area (Å²) in [5.41, 5.74) is 6.76. The van der Waals surface area contributed by atoms with Crippen molar-refractivity contribution in [1.29, 1.82) is 0 Å². The van der Waals surface area contributed by atoms with Crippen molar-refractivity contribution < 1.29 is 4.74 Å². The van der Waals surface area contributed by atoms with Gasteiger partial charge in [0, 0.05) is 6.42 Å². The molecule has 0 saturated heterocycles. The molecule has 0 aromatic heterocycles. The Morgan fingerprint density at radius 3 is 2.47 bits per heavy atom. The molecule has 1 atom stereocenters. The van der Waals surface area contributed by atoms with Gasteiger partial charge in [0.05, 0.1) is 11.6 Å². The molecule has 1 rings (SSSR count). The fourth-order valence-corrected chi connectivity index (χ4v) is 1.73. The van der Waals surface area contributed by atoms with Gasteiger partial charge in [0.25, 0.3) is 0 Å². The largest absolute Gasteiger partial charge is 0.494 e. The van der Waals surface area contributed by atoms with Crippen molar-refractivity contribution in [1.82, 2.24) is 0 Å². The van der Waals surface area contributed by atoms with Gasteiger partial charge in [0.15, 0.2) is 0 Å². The second kappa shape index (κ2) is 5.71. The predicted molar refractivity (Wildman–Crippen MR) is 67.4 cm³/mol. The molecule has 0 heterocycles. The lowest BCUT2D eigenvalue weighted by molar-refractivity contribution is 0.340. The molecular formula is C12H17NOS. The van der Waals surface area contributed by atoms with Crippen molar-refractivity contribution in [3.63, 3.8) is 0 Å². The van der Waals surface area contributed by atoms with Gasteiger partial charge in [0.2, 0.25) is 0 Å². The average Bonchev–Trinajstić information content (AvgIpc) is 2.18. The highest BCUT2D eigenvalue weighted by molar-refractivity contribution is 7.80. The smallest absolute Gasteiger partial charge is 0.119 e. The highest BCUT2D eigenvalue weighted by Gasteiger charge is 2.06. The highest BCUT2D eigenvalue weighted by Crippen LogP contribution is 2.21.